The van der Waals surface area contributed by atoms with E-state index < -0.39 is 0 Å². The Morgan fingerprint density at radius 1 is 0.963 bits per heavy atom. The van der Waals surface area contributed by atoms with Gasteiger partial charge in [-0.2, -0.15) is 0 Å². The summed E-state index contributed by atoms with van der Waals surface area (Å²) in [5.41, 5.74) is 5.16. The van der Waals surface area contributed by atoms with Gasteiger partial charge in [0.1, 0.15) is 5.69 Å². The largest absolute Gasteiger partial charge is 0.324 e. The van der Waals surface area contributed by atoms with Crippen LogP contribution in [0.25, 0.3) is 0 Å². The molecule has 0 unspecified atom stereocenters. The molecule has 27 heavy (non-hydrogen) atoms. The highest BCUT2D eigenvalue weighted by molar-refractivity contribution is 6.05. The van der Waals surface area contributed by atoms with Gasteiger partial charge >= 0.3 is 0 Å². The third-order valence-electron chi connectivity index (χ3n) is 4.26. The highest BCUT2D eigenvalue weighted by Gasteiger charge is 2.19. The van der Waals surface area contributed by atoms with Gasteiger partial charge < -0.3 is 10.2 Å². The summed E-state index contributed by atoms with van der Waals surface area (Å²) in [7, 11) is 0. The zero-order valence-electron chi connectivity index (χ0n) is 16.2. The van der Waals surface area contributed by atoms with E-state index in [1.807, 2.05) is 76.2 Å². The number of hydrogen-bond donors (Lipinski definition) is 1. The van der Waals surface area contributed by atoms with Crippen molar-refractivity contribution in [1.82, 2.24) is 9.97 Å². The van der Waals surface area contributed by atoms with E-state index in [1.165, 1.54) is 5.56 Å². The van der Waals surface area contributed by atoms with Crippen molar-refractivity contribution < 1.29 is 4.79 Å². The molecule has 1 aromatic heterocycles. The van der Waals surface area contributed by atoms with Crippen LogP contribution in [0.15, 0.2) is 54.6 Å². The number of carbonyl (C=O) groups is 1. The summed E-state index contributed by atoms with van der Waals surface area (Å²) in [5, 5.41) is 3.18. The fraction of sp³-hybridized carbons (Fsp3) is 0.227. The lowest BCUT2D eigenvalue weighted by molar-refractivity contribution is 0.0983. The van der Waals surface area contributed by atoms with Crippen molar-refractivity contribution in [3.63, 3.8) is 0 Å². The normalized spacial score (nSPS) is 10.5. The first-order valence-electron chi connectivity index (χ1n) is 9.04. The van der Waals surface area contributed by atoms with Gasteiger partial charge in [-0.15, -0.1) is 0 Å². The quantitative estimate of drug-likeness (QED) is 0.709. The molecule has 0 saturated heterocycles. The van der Waals surface area contributed by atoms with Crippen molar-refractivity contribution in [3.8, 4) is 0 Å². The van der Waals surface area contributed by atoms with Crippen molar-refractivity contribution >= 4 is 23.2 Å². The van der Waals surface area contributed by atoms with Crippen LogP contribution >= 0.6 is 0 Å². The Morgan fingerprint density at radius 2 is 1.70 bits per heavy atom. The second kappa shape index (κ2) is 7.99. The van der Waals surface area contributed by atoms with Crippen LogP contribution in [0.4, 0.5) is 17.3 Å². The second-order valence-corrected chi connectivity index (χ2v) is 6.60. The van der Waals surface area contributed by atoms with Crippen molar-refractivity contribution in [3.05, 3.63) is 77.1 Å². The minimum Gasteiger partial charge on any atom is -0.324 e. The molecule has 5 nitrogen and oxygen atoms in total. The molecule has 5 heteroatoms. The van der Waals surface area contributed by atoms with Crippen molar-refractivity contribution in [2.45, 2.75) is 27.7 Å². The predicted molar refractivity (Wildman–Crippen MR) is 110 cm³/mol. The first-order valence-corrected chi connectivity index (χ1v) is 9.04. The fourth-order valence-corrected chi connectivity index (χ4v) is 2.88. The van der Waals surface area contributed by atoms with Crippen LogP contribution < -0.4 is 10.2 Å². The highest BCUT2D eigenvalue weighted by atomic mass is 16.2. The van der Waals surface area contributed by atoms with Gasteiger partial charge in [-0.25, -0.2) is 9.97 Å². The Bertz CT molecular complexity index is 951. The molecule has 0 radical (unpaired) electrons. The molecule has 3 aromatic rings. The Morgan fingerprint density at radius 3 is 2.37 bits per heavy atom. The molecule has 0 aliphatic rings. The van der Waals surface area contributed by atoms with E-state index in [1.54, 1.807) is 11.0 Å². The Balaban J connectivity index is 1.90. The minimum atomic E-state index is -0.138. The summed E-state index contributed by atoms with van der Waals surface area (Å²) in [6.45, 7) is 8.43. The van der Waals surface area contributed by atoms with Crippen molar-refractivity contribution in [1.29, 1.82) is 0 Å². The number of rotatable bonds is 5. The van der Waals surface area contributed by atoms with E-state index in [0.29, 0.717) is 18.2 Å². The van der Waals surface area contributed by atoms with Gasteiger partial charge in [-0.3, -0.25) is 4.79 Å². The second-order valence-electron chi connectivity index (χ2n) is 6.60. The van der Waals surface area contributed by atoms with Gasteiger partial charge in [0.15, 0.2) is 0 Å². The molecule has 0 aliphatic carbocycles. The maximum Gasteiger partial charge on any atom is 0.277 e. The first kappa shape index (κ1) is 18.6. The fourth-order valence-electron chi connectivity index (χ4n) is 2.88. The number of anilines is 3. The summed E-state index contributed by atoms with van der Waals surface area (Å²) in [5.74, 6) is 0.281. The lowest BCUT2D eigenvalue weighted by Gasteiger charge is -2.21. The van der Waals surface area contributed by atoms with Gasteiger partial charge in [0.05, 0.1) is 0 Å². The third kappa shape index (κ3) is 4.50. The summed E-state index contributed by atoms with van der Waals surface area (Å²) >= 11 is 0. The van der Waals surface area contributed by atoms with Crippen LogP contribution in [0.2, 0.25) is 0 Å². The molecular weight excluding hydrogens is 336 g/mol. The summed E-state index contributed by atoms with van der Waals surface area (Å²) in [4.78, 5) is 23.7. The lowest BCUT2D eigenvalue weighted by Crippen LogP contribution is -2.31. The standard InChI is InChI=1S/C22H24N4O/c1-5-26(19-8-6-7-16(3)13-19)21(27)20-14-17(4)23-22(25-20)24-18-11-9-15(2)10-12-18/h6-14H,5H2,1-4H3,(H,23,24,25). The molecule has 0 aliphatic heterocycles. The van der Waals surface area contributed by atoms with Crippen LogP contribution in [0.1, 0.15) is 34.2 Å². The average molecular weight is 360 g/mol. The van der Waals surface area contributed by atoms with Crippen LogP contribution in [-0.4, -0.2) is 22.4 Å². The first-order chi connectivity index (χ1) is 13.0. The van der Waals surface area contributed by atoms with Crippen LogP contribution in [0.3, 0.4) is 0 Å². The third-order valence-corrected chi connectivity index (χ3v) is 4.26. The molecule has 0 spiro atoms. The topological polar surface area (TPSA) is 58.1 Å². The predicted octanol–water partition coefficient (Wildman–Crippen LogP) is 4.81. The minimum absolute atomic E-state index is 0.138. The molecule has 1 amide bonds. The van der Waals surface area contributed by atoms with Crippen LogP contribution in [0.5, 0.6) is 0 Å². The van der Waals surface area contributed by atoms with Crippen LogP contribution in [-0.2, 0) is 0 Å². The summed E-state index contributed by atoms with van der Waals surface area (Å²) < 4.78 is 0. The maximum atomic E-state index is 13.1. The molecule has 1 heterocycles. The molecule has 0 bridgehead atoms. The lowest BCUT2D eigenvalue weighted by atomic mass is 10.2. The Labute approximate surface area is 160 Å². The van der Waals surface area contributed by atoms with Crippen molar-refractivity contribution in [2.24, 2.45) is 0 Å². The SMILES string of the molecule is CCN(C(=O)c1cc(C)nc(Nc2ccc(C)cc2)n1)c1cccc(C)c1. The van der Waals surface area contributed by atoms with Gasteiger partial charge in [0.2, 0.25) is 5.95 Å². The van der Waals surface area contributed by atoms with Gasteiger partial charge in [-0.05, 0) is 63.6 Å². The van der Waals surface area contributed by atoms with E-state index in [4.69, 9.17) is 0 Å². The van der Waals surface area contributed by atoms with E-state index in [-0.39, 0.29) is 5.91 Å². The molecule has 138 valence electrons. The van der Waals surface area contributed by atoms with Gasteiger partial charge in [-0.1, -0.05) is 29.8 Å². The average Bonchev–Trinajstić information content (AvgIpc) is 2.64. The number of aromatic nitrogens is 2. The molecular formula is C22H24N4O. The molecule has 3 rings (SSSR count). The summed E-state index contributed by atoms with van der Waals surface area (Å²) in [6, 6.07) is 17.6. The number of nitrogens with zero attached hydrogens (tertiary/aromatic N) is 3. The van der Waals surface area contributed by atoms with E-state index in [0.717, 1.165) is 22.6 Å². The number of amides is 1. The van der Waals surface area contributed by atoms with Gasteiger partial charge in [0, 0.05) is 23.6 Å². The van der Waals surface area contributed by atoms with Crippen LogP contribution in [0, 0.1) is 20.8 Å². The monoisotopic (exact) mass is 360 g/mol. The number of aryl methyl sites for hydroxylation is 3. The molecule has 0 saturated carbocycles. The maximum absolute atomic E-state index is 13.1. The Kier molecular flexibility index (Phi) is 5.50. The zero-order valence-corrected chi connectivity index (χ0v) is 16.2. The molecule has 0 atom stereocenters. The Hall–Kier alpha value is -3.21. The number of benzene rings is 2. The van der Waals surface area contributed by atoms with Crippen molar-refractivity contribution in [2.75, 3.05) is 16.8 Å². The van der Waals surface area contributed by atoms with E-state index in [9.17, 15) is 4.79 Å². The smallest absolute Gasteiger partial charge is 0.277 e. The highest BCUT2D eigenvalue weighted by Crippen LogP contribution is 2.20. The zero-order chi connectivity index (χ0) is 19.4. The number of hydrogen-bond acceptors (Lipinski definition) is 4. The summed E-state index contributed by atoms with van der Waals surface area (Å²) in [6.07, 6.45) is 0. The number of nitrogens with one attached hydrogen (secondary N) is 1. The van der Waals surface area contributed by atoms with E-state index >= 15 is 0 Å². The molecule has 0 fully saturated rings. The van der Waals surface area contributed by atoms with Gasteiger partial charge in [0.25, 0.3) is 5.91 Å². The number of carbonyl (C=O) groups excluding carboxylic acids is 1. The van der Waals surface area contributed by atoms with E-state index in [2.05, 4.69) is 15.3 Å². The molecule has 1 N–H and O–H groups in total. The molecule has 2 aromatic carbocycles.